The highest BCUT2D eigenvalue weighted by atomic mass is 16.2. The highest BCUT2D eigenvalue weighted by molar-refractivity contribution is 6.05. The third-order valence-corrected chi connectivity index (χ3v) is 3.01. The Bertz CT molecular complexity index is 426. The summed E-state index contributed by atoms with van der Waals surface area (Å²) >= 11 is 0. The number of hydrogen-bond acceptors (Lipinski definition) is 2. The van der Waals surface area contributed by atoms with Gasteiger partial charge in [-0.05, 0) is 5.56 Å². The zero-order valence-electron chi connectivity index (χ0n) is 9.28. The molecule has 0 radical (unpaired) electrons. The van der Waals surface area contributed by atoms with Crippen LogP contribution in [0.15, 0.2) is 30.3 Å². The fourth-order valence-corrected chi connectivity index (χ4v) is 1.96. The van der Waals surface area contributed by atoms with Crippen LogP contribution in [0.4, 0.5) is 4.79 Å². The lowest BCUT2D eigenvalue weighted by atomic mass is 9.78. The molecule has 1 aliphatic heterocycles. The van der Waals surface area contributed by atoms with Crippen molar-refractivity contribution in [3.8, 4) is 0 Å². The number of imide groups is 1. The van der Waals surface area contributed by atoms with Crippen LogP contribution in [0.3, 0.4) is 0 Å². The monoisotopic (exact) mass is 218 g/mol. The Kier molecular flexibility index (Phi) is 2.42. The van der Waals surface area contributed by atoms with Crippen LogP contribution >= 0.6 is 0 Å². The summed E-state index contributed by atoms with van der Waals surface area (Å²) in [5.74, 6) is -0.265. The number of nitrogens with one attached hydrogen (secondary N) is 2. The van der Waals surface area contributed by atoms with E-state index >= 15 is 0 Å². The van der Waals surface area contributed by atoms with Gasteiger partial charge in [0.25, 0.3) is 5.91 Å². The molecule has 16 heavy (non-hydrogen) atoms. The molecule has 1 atom stereocenters. The van der Waals surface area contributed by atoms with Gasteiger partial charge in [-0.3, -0.25) is 10.1 Å². The van der Waals surface area contributed by atoms with E-state index in [-0.39, 0.29) is 5.91 Å². The lowest BCUT2D eigenvalue weighted by molar-refractivity contribution is -0.121. The molecule has 1 heterocycles. The number of amides is 3. The molecule has 4 heteroatoms. The third-order valence-electron chi connectivity index (χ3n) is 3.01. The third kappa shape index (κ3) is 1.66. The molecule has 0 spiro atoms. The molecule has 3 amide bonds. The normalized spacial score (nSPS) is 20.5. The number of benzene rings is 1. The molecular weight excluding hydrogens is 204 g/mol. The lowest BCUT2D eigenvalue weighted by Gasteiger charge is -2.29. The fourth-order valence-electron chi connectivity index (χ4n) is 1.96. The van der Waals surface area contributed by atoms with Crippen LogP contribution < -0.4 is 10.6 Å². The second kappa shape index (κ2) is 3.63. The summed E-state index contributed by atoms with van der Waals surface area (Å²) in [6.07, 6.45) is 0. The first kappa shape index (κ1) is 10.7. The maximum absolute atomic E-state index is 11.6. The van der Waals surface area contributed by atoms with E-state index in [2.05, 4.69) is 10.6 Å². The molecule has 0 aromatic heterocycles. The van der Waals surface area contributed by atoms with E-state index in [0.29, 0.717) is 0 Å². The molecule has 2 N–H and O–H groups in total. The van der Waals surface area contributed by atoms with Gasteiger partial charge in [0.15, 0.2) is 0 Å². The molecule has 2 rings (SSSR count). The van der Waals surface area contributed by atoms with Gasteiger partial charge >= 0.3 is 6.03 Å². The maximum atomic E-state index is 11.6. The van der Waals surface area contributed by atoms with Crippen LogP contribution in [0.5, 0.6) is 0 Å². The molecule has 1 saturated heterocycles. The van der Waals surface area contributed by atoms with Gasteiger partial charge in [0.05, 0.1) is 0 Å². The molecule has 84 valence electrons. The van der Waals surface area contributed by atoms with Crippen LogP contribution in [0.1, 0.15) is 19.4 Å². The summed E-state index contributed by atoms with van der Waals surface area (Å²) < 4.78 is 0. The number of rotatable bonds is 2. The molecule has 1 aromatic rings. The average Bonchev–Trinajstić information content (AvgIpc) is 2.60. The first-order chi connectivity index (χ1) is 7.51. The predicted molar refractivity (Wildman–Crippen MR) is 59.9 cm³/mol. The van der Waals surface area contributed by atoms with Gasteiger partial charge in [-0.25, -0.2) is 4.79 Å². The summed E-state index contributed by atoms with van der Waals surface area (Å²) in [5.41, 5.74) is 0.606. The molecule has 1 fully saturated rings. The van der Waals surface area contributed by atoms with Crippen LogP contribution in [0.2, 0.25) is 0 Å². The predicted octanol–water partition coefficient (Wildman–Crippen LogP) is 1.17. The topological polar surface area (TPSA) is 58.2 Å². The maximum Gasteiger partial charge on any atom is 0.322 e. The number of hydrogen-bond donors (Lipinski definition) is 2. The van der Waals surface area contributed by atoms with E-state index in [1.165, 1.54) is 0 Å². The summed E-state index contributed by atoms with van der Waals surface area (Å²) in [7, 11) is 0. The molecule has 4 nitrogen and oxygen atoms in total. The molecule has 1 unspecified atom stereocenters. The smallest absolute Gasteiger partial charge is 0.322 e. The SMILES string of the molecule is CC(C)(c1ccccc1)C1NC(=O)NC1=O. The Hall–Kier alpha value is -1.84. The minimum absolute atomic E-state index is 0.265. The molecule has 0 aliphatic carbocycles. The second-order valence-corrected chi connectivity index (χ2v) is 4.48. The minimum atomic E-state index is -0.512. The number of urea groups is 1. The quantitative estimate of drug-likeness (QED) is 0.732. The van der Waals surface area contributed by atoms with Crippen LogP contribution in [-0.2, 0) is 10.2 Å². The van der Waals surface area contributed by atoms with Crippen molar-refractivity contribution in [1.29, 1.82) is 0 Å². The molecule has 1 aromatic carbocycles. The lowest BCUT2D eigenvalue weighted by Crippen LogP contribution is -2.45. The molecular formula is C12H14N2O2. The zero-order chi connectivity index (χ0) is 11.8. The highest BCUT2D eigenvalue weighted by Crippen LogP contribution is 2.28. The first-order valence-corrected chi connectivity index (χ1v) is 5.18. The summed E-state index contributed by atoms with van der Waals surface area (Å²) in [6.45, 7) is 3.89. The first-order valence-electron chi connectivity index (χ1n) is 5.18. The van der Waals surface area contributed by atoms with E-state index in [0.717, 1.165) is 5.56 Å². The summed E-state index contributed by atoms with van der Waals surface area (Å²) in [5, 5.41) is 4.90. The van der Waals surface area contributed by atoms with Crippen molar-refractivity contribution in [1.82, 2.24) is 10.6 Å². The molecule has 0 bridgehead atoms. The van der Waals surface area contributed by atoms with Gasteiger partial charge in [0, 0.05) is 5.41 Å². The van der Waals surface area contributed by atoms with E-state index < -0.39 is 17.5 Å². The van der Waals surface area contributed by atoms with Gasteiger partial charge in [0.2, 0.25) is 0 Å². The van der Waals surface area contributed by atoms with Crippen molar-refractivity contribution in [2.24, 2.45) is 0 Å². The molecule has 0 saturated carbocycles. The Morgan fingerprint density at radius 1 is 1.12 bits per heavy atom. The zero-order valence-corrected chi connectivity index (χ0v) is 9.28. The van der Waals surface area contributed by atoms with E-state index in [4.69, 9.17) is 0 Å². The van der Waals surface area contributed by atoms with Gasteiger partial charge < -0.3 is 5.32 Å². The average molecular weight is 218 g/mol. The minimum Gasteiger partial charge on any atom is -0.325 e. The van der Waals surface area contributed by atoms with Crippen LogP contribution in [-0.4, -0.2) is 18.0 Å². The summed E-state index contributed by atoms with van der Waals surface area (Å²) in [6, 6.07) is 8.75. The van der Waals surface area contributed by atoms with Gasteiger partial charge in [0.1, 0.15) is 6.04 Å². The fraction of sp³-hybridized carbons (Fsp3) is 0.333. The van der Waals surface area contributed by atoms with E-state index in [9.17, 15) is 9.59 Å². The van der Waals surface area contributed by atoms with Crippen molar-refractivity contribution in [3.05, 3.63) is 35.9 Å². The highest BCUT2D eigenvalue weighted by Gasteiger charge is 2.42. The Balaban J connectivity index is 2.32. The van der Waals surface area contributed by atoms with Crippen molar-refractivity contribution < 1.29 is 9.59 Å². The largest absolute Gasteiger partial charge is 0.325 e. The standard InChI is InChI=1S/C12H14N2O2/c1-12(2,8-6-4-3-5-7-8)9-10(15)14-11(16)13-9/h3-7,9H,1-2H3,(H2,13,14,15,16). The van der Waals surface area contributed by atoms with Crippen LogP contribution in [0, 0.1) is 0 Å². The number of carbonyl (C=O) groups is 2. The van der Waals surface area contributed by atoms with Crippen molar-refractivity contribution >= 4 is 11.9 Å². The number of carbonyl (C=O) groups excluding carboxylic acids is 2. The Labute approximate surface area is 94.0 Å². The Morgan fingerprint density at radius 2 is 1.75 bits per heavy atom. The van der Waals surface area contributed by atoms with Gasteiger partial charge in [-0.1, -0.05) is 44.2 Å². The Morgan fingerprint density at radius 3 is 2.25 bits per heavy atom. The van der Waals surface area contributed by atoms with Crippen molar-refractivity contribution in [3.63, 3.8) is 0 Å². The second-order valence-electron chi connectivity index (χ2n) is 4.48. The van der Waals surface area contributed by atoms with Gasteiger partial charge in [-0.15, -0.1) is 0 Å². The summed E-state index contributed by atoms with van der Waals surface area (Å²) in [4.78, 5) is 22.7. The van der Waals surface area contributed by atoms with E-state index in [1.807, 2.05) is 44.2 Å². The van der Waals surface area contributed by atoms with E-state index in [1.54, 1.807) is 0 Å². The van der Waals surface area contributed by atoms with Crippen LogP contribution in [0.25, 0.3) is 0 Å². The van der Waals surface area contributed by atoms with Crippen molar-refractivity contribution in [2.45, 2.75) is 25.3 Å². The van der Waals surface area contributed by atoms with Gasteiger partial charge in [-0.2, -0.15) is 0 Å². The van der Waals surface area contributed by atoms with Crippen molar-refractivity contribution in [2.75, 3.05) is 0 Å². The molecule has 1 aliphatic rings.